The lowest BCUT2D eigenvalue weighted by molar-refractivity contribution is -0.127. The van der Waals surface area contributed by atoms with Crippen LogP contribution in [0.4, 0.5) is 5.69 Å². The zero-order valence-electron chi connectivity index (χ0n) is 21.0. The molecule has 11 heteroatoms. The number of hydrogen-bond donors (Lipinski definition) is 3. The Morgan fingerprint density at radius 2 is 1.78 bits per heavy atom. The summed E-state index contributed by atoms with van der Waals surface area (Å²) in [7, 11) is 0. The molecule has 0 unspecified atom stereocenters. The van der Waals surface area contributed by atoms with Gasteiger partial charge in [0.15, 0.2) is 17.2 Å². The smallest absolute Gasteiger partial charge is 0.270 e. The summed E-state index contributed by atoms with van der Waals surface area (Å²) in [6.45, 7) is 7.67. The van der Waals surface area contributed by atoms with Crippen LogP contribution in [0.25, 0.3) is 0 Å². The summed E-state index contributed by atoms with van der Waals surface area (Å²) in [5.74, 6) is -0.627. The Bertz CT molecular complexity index is 1350. The zero-order chi connectivity index (χ0) is 26.9. The first-order chi connectivity index (χ1) is 17.4. The highest BCUT2D eigenvalue weighted by Crippen LogP contribution is 2.35. The standard InChI is InChI=1S/C26H29N5O5S/c1-14-5-8-16(9-6-14)21(24(33)29-26(2,3)4)31(12-15-7-10-17-18(11-15)36-13-35-17)25(34)22-19(27)20(23(28)32)30-37-22/h5-11,21H,12-13,27H2,1-4H3,(H2,28,32)(H,29,33)/t21-/m0/s1. The number of anilines is 1. The number of benzene rings is 2. The number of carbonyl (C=O) groups is 3. The van der Waals surface area contributed by atoms with Gasteiger partial charge in [-0.25, -0.2) is 0 Å². The molecule has 1 aliphatic rings. The van der Waals surface area contributed by atoms with Crippen LogP contribution in [-0.4, -0.2) is 39.3 Å². The topological polar surface area (TPSA) is 150 Å². The molecule has 0 aliphatic carbocycles. The van der Waals surface area contributed by atoms with Gasteiger partial charge in [-0.1, -0.05) is 35.9 Å². The van der Waals surface area contributed by atoms with Crippen molar-refractivity contribution in [2.24, 2.45) is 5.73 Å². The van der Waals surface area contributed by atoms with Crippen LogP contribution in [-0.2, 0) is 11.3 Å². The minimum atomic E-state index is -1.02. The van der Waals surface area contributed by atoms with Gasteiger partial charge < -0.3 is 31.2 Å². The van der Waals surface area contributed by atoms with E-state index in [1.54, 1.807) is 18.2 Å². The lowest BCUT2D eigenvalue weighted by atomic mass is 9.99. The van der Waals surface area contributed by atoms with Crippen molar-refractivity contribution in [1.29, 1.82) is 0 Å². The van der Waals surface area contributed by atoms with Crippen molar-refractivity contribution in [2.75, 3.05) is 12.5 Å². The quantitative estimate of drug-likeness (QED) is 0.430. The van der Waals surface area contributed by atoms with Crippen LogP contribution in [0.2, 0.25) is 0 Å². The Kier molecular flexibility index (Phi) is 7.08. The maximum absolute atomic E-state index is 14.0. The largest absolute Gasteiger partial charge is 0.454 e. The molecule has 2 heterocycles. The molecule has 5 N–H and O–H groups in total. The molecule has 10 nitrogen and oxygen atoms in total. The number of ether oxygens (including phenoxy) is 2. The molecule has 3 aromatic rings. The lowest BCUT2D eigenvalue weighted by Crippen LogP contribution is -2.49. The van der Waals surface area contributed by atoms with Crippen molar-refractivity contribution in [1.82, 2.24) is 14.6 Å². The van der Waals surface area contributed by atoms with Gasteiger partial charge in [0.25, 0.3) is 11.8 Å². The molecule has 37 heavy (non-hydrogen) atoms. The van der Waals surface area contributed by atoms with Crippen LogP contribution in [0.5, 0.6) is 11.5 Å². The van der Waals surface area contributed by atoms with Crippen molar-refractivity contribution in [3.8, 4) is 11.5 Å². The van der Waals surface area contributed by atoms with E-state index < -0.39 is 23.4 Å². The molecule has 0 fully saturated rings. The van der Waals surface area contributed by atoms with Gasteiger partial charge >= 0.3 is 0 Å². The number of aryl methyl sites for hydroxylation is 1. The Hall–Kier alpha value is -4.12. The first kappa shape index (κ1) is 26.0. The highest BCUT2D eigenvalue weighted by Gasteiger charge is 2.36. The number of nitrogens with two attached hydrogens (primary N) is 2. The van der Waals surface area contributed by atoms with Gasteiger partial charge in [0.1, 0.15) is 10.9 Å². The number of amides is 3. The van der Waals surface area contributed by atoms with E-state index in [-0.39, 0.29) is 35.5 Å². The van der Waals surface area contributed by atoms with E-state index in [9.17, 15) is 14.4 Å². The molecule has 194 valence electrons. The van der Waals surface area contributed by atoms with Crippen molar-refractivity contribution in [3.63, 3.8) is 0 Å². The van der Waals surface area contributed by atoms with E-state index in [1.807, 2.05) is 52.0 Å². The normalized spacial score (nSPS) is 13.2. The van der Waals surface area contributed by atoms with Crippen LogP contribution in [0.3, 0.4) is 0 Å². The van der Waals surface area contributed by atoms with Crippen molar-refractivity contribution >= 4 is 34.9 Å². The van der Waals surface area contributed by atoms with E-state index in [2.05, 4.69) is 9.69 Å². The molecular weight excluding hydrogens is 494 g/mol. The van der Waals surface area contributed by atoms with Gasteiger partial charge in [-0.3, -0.25) is 14.4 Å². The maximum Gasteiger partial charge on any atom is 0.270 e. The number of carbonyl (C=O) groups excluding carboxylic acids is 3. The van der Waals surface area contributed by atoms with Gasteiger partial charge in [0.05, 0.1) is 5.69 Å². The highest BCUT2D eigenvalue weighted by atomic mass is 32.1. The number of aromatic nitrogens is 1. The Morgan fingerprint density at radius 1 is 1.11 bits per heavy atom. The number of rotatable bonds is 7. The van der Waals surface area contributed by atoms with Gasteiger partial charge in [-0.05, 0) is 62.5 Å². The molecule has 1 atom stereocenters. The van der Waals surface area contributed by atoms with E-state index in [0.29, 0.717) is 22.6 Å². The van der Waals surface area contributed by atoms with Crippen LogP contribution in [0.15, 0.2) is 42.5 Å². The molecule has 0 spiro atoms. The lowest BCUT2D eigenvalue weighted by Gasteiger charge is -2.33. The van der Waals surface area contributed by atoms with Crippen LogP contribution in [0.1, 0.15) is 63.7 Å². The maximum atomic E-state index is 14.0. The second-order valence-electron chi connectivity index (χ2n) is 9.81. The number of nitrogens with zero attached hydrogens (tertiary/aromatic N) is 2. The molecular formula is C26H29N5O5S. The van der Waals surface area contributed by atoms with E-state index in [1.165, 1.54) is 4.90 Å². The van der Waals surface area contributed by atoms with Crippen LogP contribution >= 0.6 is 11.5 Å². The van der Waals surface area contributed by atoms with Crippen LogP contribution in [0, 0.1) is 6.92 Å². The molecule has 4 rings (SSSR count). The molecule has 0 saturated carbocycles. The van der Waals surface area contributed by atoms with E-state index in [0.717, 1.165) is 17.1 Å². The number of hydrogen-bond acceptors (Lipinski definition) is 8. The van der Waals surface area contributed by atoms with Crippen molar-refractivity contribution in [3.05, 3.63) is 69.7 Å². The fraction of sp³-hybridized carbons (Fsp3) is 0.308. The number of fused-ring (bicyclic) bond motifs is 1. The summed E-state index contributed by atoms with van der Waals surface area (Å²) in [5, 5.41) is 2.99. The second kappa shape index (κ2) is 10.1. The number of nitrogens with one attached hydrogen (secondary N) is 1. The van der Waals surface area contributed by atoms with Gasteiger partial charge in [-0.2, -0.15) is 4.37 Å². The Morgan fingerprint density at radius 3 is 2.41 bits per heavy atom. The second-order valence-corrected chi connectivity index (χ2v) is 10.6. The summed E-state index contributed by atoms with van der Waals surface area (Å²) < 4.78 is 14.9. The minimum absolute atomic E-state index is 0.0233. The fourth-order valence-electron chi connectivity index (χ4n) is 3.94. The Labute approximate surface area is 218 Å². The highest BCUT2D eigenvalue weighted by molar-refractivity contribution is 7.09. The minimum Gasteiger partial charge on any atom is -0.454 e. The summed E-state index contributed by atoms with van der Waals surface area (Å²) >= 11 is 0.768. The summed E-state index contributed by atoms with van der Waals surface area (Å²) in [6, 6.07) is 11.7. The third-order valence-electron chi connectivity index (χ3n) is 5.66. The third kappa shape index (κ3) is 5.67. The number of primary amides is 1. The molecule has 0 bridgehead atoms. The molecule has 1 aliphatic heterocycles. The van der Waals surface area contributed by atoms with E-state index in [4.69, 9.17) is 20.9 Å². The third-order valence-corrected chi connectivity index (χ3v) is 6.51. The fourth-order valence-corrected chi connectivity index (χ4v) is 4.70. The van der Waals surface area contributed by atoms with Gasteiger partial charge in [0.2, 0.25) is 12.7 Å². The first-order valence-corrected chi connectivity index (χ1v) is 12.3. The van der Waals surface area contributed by atoms with Crippen LogP contribution < -0.4 is 26.3 Å². The average molecular weight is 524 g/mol. The summed E-state index contributed by atoms with van der Waals surface area (Å²) in [6.07, 6.45) is 0. The average Bonchev–Trinajstić information content (AvgIpc) is 3.44. The predicted molar refractivity (Wildman–Crippen MR) is 139 cm³/mol. The zero-order valence-corrected chi connectivity index (χ0v) is 21.8. The monoisotopic (exact) mass is 523 g/mol. The SMILES string of the molecule is Cc1ccc([C@@H](C(=O)NC(C)(C)C)N(Cc2ccc3c(c2)OCO3)C(=O)c2snc(C(N)=O)c2N)cc1. The molecule has 2 aromatic carbocycles. The predicted octanol–water partition coefficient (Wildman–Crippen LogP) is 3.16. The summed E-state index contributed by atoms with van der Waals surface area (Å²) in [4.78, 5) is 40.9. The van der Waals surface area contributed by atoms with Gasteiger partial charge in [-0.15, -0.1) is 0 Å². The van der Waals surface area contributed by atoms with Crippen molar-refractivity contribution in [2.45, 2.75) is 45.8 Å². The molecule has 1 aromatic heterocycles. The van der Waals surface area contributed by atoms with Crippen molar-refractivity contribution < 1.29 is 23.9 Å². The Balaban J connectivity index is 1.83. The molecule has 0 radical (unpaired) electrons. The summed E-state index contributed by atoms with van der Waals surface area (Å²) in [5.41, 5.74) is 13.0. The molecule has 3 amide bonds. The van der Waals surface area contributed by atoms with E-state index >= 15 is 0 Å². The number of nitrogen functional groups attached to an aromatic ring is 1. The molecule has 0 saturated heterocycles. The first-order valence-electron chi connectivity index (χ1n) is 11.6. The van der Waals surface area contributed by atoms with Gasteiger partial charge in [0, 0.05) is 12.1 Å².